The number of aliphatic carboxylic acids is 2. The van der Waals surface area contributed by atoms with Crippen molar-refractivity contribution in [2.45, 2.75) is 18.9 Å². The van der Waals surface area contributed by atoms with Crippen molar-refractivity contribution < 1.29 is 81.3 Å². The Morgan fingerprint density at radius 2 is 1.71 bits per heavy atom. The largest absolute Gasteiger partial charge is 1.00 e. The summed E-state index contributed by atoms with van der Waals surface area (Å²) < 4.78 is 0. The second kappa shape index (κ2) is 12.3. The van der Waals surface area contributed by atoms with Crippen LogP contribution < -0.4 is 61.7 Å². The van der Waals surface area contributed by atoms with E-state index in [1.165, 1.54) is 6.66 Å². The van der Waals surface area contributed by atoms with Gasteiger partial charge in [-0.15, -0.1) is 0 Å². The summed E-state index contributed by atoms with van der Waals surface area (Å²) in [7, 11) is 0. The van der Waals surface area contributed by atoms with E-state index in [1.54, 1.807) is 0 Å². The fourth-order valence-corrected chi connectivity index (χ4v) is 2.00. The molecule has 0 rings (SSSR count). The average molecular weight is 262 g/mol. The Balaban J connectivity index is -0.000000282. The van der Waals surface area contributed by atoms with Gasteiger partial charge >= 0.3 is 68.5 Å². The maximum atomic E-state index is 10.6. The molecule has 0 aliphatic heterocycles. The van der Waals surface area contributed by atoms with Gasteiger partial charge in [0, 0.05) is 13.1 Å². The molecule has 0 aromatic carbocycles. The van der Waals surface area contributed by atoms with Crippen LogP contribution in [-0.4, -0.2) is 39.8 Å². The van der Waals surface area contributed by atoms with Crippen LogP contribution in [-0.2, 0) is 21.4 Å². The Hall–Kier alpha value is 1.30. The van der Waals surface area contributed by atoms with Crippen LogP contribution in [0.5, 0.6) is 0 Å². The third-order valence-electron chi connectivity index (χ3n) is 1.34. The molecule has 11 heteroatoms. The zero-order chi connectivity index (χ0) is 11.4. The molecule has 0 aromatic rings. The molecule has 6 nitrogen and oxygen atoms in total. The Kier molecular flexibility index (Phi) is 19.4. The van der Waals surface area contributed by atoms with Crippen LogP contribution in [0.25, 0.3) is 0 Å². The fourth-order valence-electron chi connectivity index (χ4n) is 0.800. The molecule has 0 bridgehead atoms. The van der Waals surface area contributed by atoms with E-state index >= 15 is 0 Å². The molecule has 0 aromatic heterocycles. The molecule has 0 saturated heterocycles. The van der Waals surface area contributed by atoms with Crippen LogP contribution in [0.3, 0.4) is 0 Å². The zero-order valence-corrected chi connectivity index (χ0v) is 12.2. The van der Waals surface area contributed by atoms with E-state index in [0.717, 1.165) is 0 Å². The molecule has 1 unspecified atom stereocenters. The first-order chi connectivity index (χ1) is 6.22. The van der Waals surface area contributed by atoms with Gasteiger partial charge in [0.05, 0.1) is 0 Å². The topological polar surface area (TPSA) is 107 Å². The van der Waals surface area contributed by atoms with Crippen molar-refractivity contribution >= 4 is 30.2 Å². The van der Waals surface area contributed by atoms with E-state index in [4.69, 9.17) is 10.2 Å². The molecule has 17 heavy (non-hydrogen) atoms. The third-order valence-corrected chi connectivity index (χ3v) is 2.45. The Morgan fingerprint density at radius 3 is 1.94 bits per heavy atom. The second-order valence-electron chi connectivity index (χ2n) is 2.83. The predicted octanol–water partition coefficient (Wildman–Crippen LogP) is -9.16. The summed E-state index contributed by atoms with van der Waals surface area (Å²) in [4.78, 5) is 30.0. The van der Waals surface area contributed by atoms with Crippen molar-refractivity contribution in [2.75, 3.05) is 6.66 Å². The minimum absolute atomic E-state index is 0. The van der Waals surface area contributed by atoms with Gasteiger partial charge in [0.1, 0.15) is 12.5 Å². The Bertz CT molecular complexity index is 287. The number of nitrogens with one attached hydrogen (secondary N) is 1. The SMILES string of the molecule is CP(O)(=S)N[C@@H](CCC(=O)O)C(=O)O.[Li+].[Li+].[Li+]. The van der Waals surface area contributed by atoms with E-state index in [-0.39, 0.29) is 69.4 Å². The maximum Gasteiger partial charge on any atom is 1.00 e. The third kappa shape index (κ3) is 17.3. The van der Waals surface area contributed by atoms with Crippen molar-refractivity contribution in [3.05, 3.63) is 0 Å². The van der Waals surface area contributed by atoms with Crippen LogP contribution in [0.15, 0.2) is 0 Å². The summed E-state index contributed by atoms with van der Waals surface area (Å²) in [5, 5.41) is 19.3. The van der Waals surface area contributed by atoms with Gasteiger partial charge in [-0.25, -0.2) is 0 Å². The summed E-state index contributed by atoms with van der Waals surface area (Å²) in [6.07, 6.45) is -3.20. The van der Waals surface area contributed by atoms with E-state index in [2.05, 4.69) is 16.9 Å². The quantitative estimate of drug-likeness (QED) is 0.278. The van der Waals surface area contributed by atoms with Crippen molar-refractivity contribution in [2.24, 2.45) is 0 Å². The van der Waals surface area contributed by atoms with Crippen molar-refractivity contribution in [1.29, 1.82) is 0 Å². The molecule has 0 amide bonds. The first-order valence-electron chi connectivity index (χ1n) is 3.75. The van der Waals surface area contributed by atoms with E-state index < -0.39 is 24.4 Å². The summed E-state index contributed by atoms with van der Waals surface area (Å²) in [5.41, 5.74) is 0. The number of hydrogen-bond acceptors (Lipinski definition) is 3. The van der Waals surface area contributed by atoms with Gasteiger partial charge in [-0.05, 0) is 6.42 Å². The van der Waals surface area contributed by atoms with Gasteiger partial charge in [0.25, 0.3) is 0 Å². The molecular weight excluding hydrogens is 250 g/mol. The number of rotatable bonds is 6. The molecular formula is C6H12Li3NO5PS+3. The fraction of sp³-hybridized carbons (Fsp3) is 0.667. The molecule has 0 spiro atoms. The number of carbonyl (C=O) groups is 2. The Morgan fingerprint density at radius 1 is 1.29 bits per heavy atom. The molecule has 0 radical (unpaired) electrons. The van der Waals surface area contributed by atoms with E-state index in [1.807, 2.05) is 0 Å². The number of carboxylic acid groups (broad SMARTS) is 2. The van der Waals surface area contributed by atoms with E-state index in [0.29, 0.717) is 0 Å². The summed E-state index contributed by atoms with van der Waals surface area (Å²) in [6.45, 7) is 1.32. The van der Waals surface area contributed by atoms with Gasteiger partial charge in [-0.2, -0.15) is 0 Å². The van der Waals surface area contributed by atoms with Gasteiger partial charge in [-0.3, -0.25) is 14.7 Å². The predicted molar refractivity (Wildman–Crippen MR) is 53.9 cm³/mol. The van der Waals surface area contributed by atoms with Gasteiger partial charge in [0.2, 0.25) is 0 Å². The minimum Gasteiger partial charge on any atom is -0.481 e. The van der Waals surface area contributed by atoms with Crippen LogP contribution >= 0.6 is 6.42 Å². The molecule has 0 aliphatic rings. The number of hydrogen-bond donors (Lipinski definition) is 4. The molecule has 0 fully saturated rings. The van der Waals surface area contributed by atoms with E-state index in [9.17, 15) is 14.5 Å². The molecule has 0 saturated carbocycles. The summed E-state index contributed by atoms with van der Waals surface area (Å²) in [6, 6.07) is -1.10. The standard InChI is InChI=1S/C6H12NO5PS.3Li/c1-13(12,14)7-4(6(10)11)2-3-5(8)9;;;/h4H,2-3H2,1H3,(H,8,9)(H,10,11)(H2,7,12,14);;;/q;3*+1/t4-,13?;;;/m0.../s1. The maximum absolute atomic E-state index is 10.6. The monoisotopic (exact) mass is 262 g/mol. The van der Waals surface area contributed by atoms with Crippen molar-refractivity contribution in [3.8, 4) is 0 Å². The number of carboxylic acids is 2. The van der Waals surface area contributed by atoms with Gasteiger partial charge < -0.3 is 15.1 Å². The van der Waals surface area contributed by atoms with Crippen LogP contribution in [0.1, 0.15) is 12.8 Å². The summed E-state index contributed by atoms with van der Waals surface area (Å²) >= 11 is 4.61. The van der Waals surface area contributed by atoms with Crippen LogP contribution in [0.2, 0.25) is 0 Å². The zero-order valence-electron chi connectivity index (χ0n) is 10.5. The molecule has 4 N–H and O–H groups in total. The second-order valence-corrected chi connectivity index (χ2v) is 6.98. The van der Waals surface area contributed by atoms with Crippen LogP contribution in [0, 0.1) is 0 Å². The minimum atomic E-state index is -2.83. The molecule has 2 atom stereocenters. The first-order valence-corrected chi connectivity index (χ1v) is 6.95. The van der Waals surface area contributed by atoms with Crippen molar-refractivity contribution in [1.82, 2.24) is 5.09 Å². The molecule has 0 heterocycles. The smallest absolute Gasteiger partial charge is 0.481 e. The first kappa shape index (κ1) is 26.8. The van der Waals surface area contributed by atoms with Crippen LogP contribution in [0.4, 0.5) is 0 Å². The summed E-state index contributed by atoms with van der Waals surface area (Å²) in [5.74, 6) is -2.29. The molecule has 0 aliphatic carbocycles. The Labute approximate surface area is 141 Å². The van der Waals surface area contributed by atoms with Gasteiger partial charge in [0.15, 0.2) is 0 Å². The average Bonchev–Trinajstić information content (AvgIpc) is 1.94. The molecule has 82 valence electrons. The van der Waals surface area contributed by atoms with Gasteiger partial charge in [-0.1, -0.05) is 11.8 Å². The normalized spacial score (nSPS) is 14.0. The van der Waals surface area contributed by atoms with Crippen molar-refractivity contribution in [3.63, 3.8) is 0 Å².